The molecule has 0 unspecified atom stereocenters. The lowest BCUT2D eigenvalue weighted by Gasteiger charge is -2.10. The zero-order valence-electron chi connectivity index (χ0n) is 17.3. The van der Waals surface area contributed by atoms with Crippen LogP contribution in [0.4, 0.5) is 11.4 Å². The van der Waals surface area contributed by atoms with Crippen molar-refractivity contribution in [3.05, 3.63) is 63.8 Å². The SMILES string of the molecule is COc1cc([N+](=O)[O-])ccc1N/C=C(/C#N)C(=O)NCCc1ccc(OC)c(OC)c1. The Morgan fingerprint density at radius 1 is 1.10 bits per heavy atom. The quantitative estimate of drug-likeness (QED) is 0.256. The van der Waals surface area contributed by atoms with Gasteiger partial charge in [-0.15, -0.1) is 0 Å². The lowest BCUT2D eigenvalue weighted by Crippen LogP contribution is -2.27. The lowest BCUT2D eigenvalue weighted by atomic mass is 10.1. The van der Waals surface area contributed by atoms with Gasteiger partial charge in [0, 0.05) is 18.8 Å². The zero-order chi connectivity index (χ0) is 22.8. The Kier molecular flexibility index (Phi) is 8.22. The van der Waals surface area contributed by atoms with Crippen molar-refractivity contribution in [1.29, 1.82) is 5.26 Å². The third-order valence-electron chi connectivity index (χ3n) is 4.28. The monoisotopic (exact) mass is 426 g/mol. The number of non-ortho nitro benzene ring substituents is 1. The van der Waals surface area contributed by atoms with Crippen molar-refractivity contribution in [2.75, 3.05) is 33.2 Å². The molecule has 0 heterocycles. The van der Waals surface area contributed by atoms with Crippen LogP contribution in [0.1, 0.15) is 5.56 Å². The fourth-order valence-electron chi connectivity index (χ4n) is 2.66. The summed E-state index contributed by atoms with van der Waals surface area (Å²) in [7, 11) is 4.45. The lowest BCUT2D eigenvalue weighted by molar-refractivity contribution is -0.384. The number of rotatable bonds is 10. The van der Waals surface area contributed by atoms with Crippen molar-refractivity contribution in [2.24, 2.45) is 0 Å². The zero-order valence-corrected chi connectivity index (χ0v) is 17.3. The number of carbonyl (C=O) groups is 1. The minimum absolute atomic E-state index is 0.139. The molecule has 2 rings (SSSR count). The molecule has 0 fully saturated rings. The predicted octanol–water partition coefficient (Wildman–Crippen LogP) is 2.80. The molecular formula is C21H22N4O6. The van der Waals surface area contributed by atoms with Crippen LogP contribution < -0.4 is 24.8 Å². The van der Waals surface area contributed by atoms with Gasteiger partial charge in [-0.1, -0.05) is 6.07 Å². The molecule has 0 aliphatic carbocycles. The number of ether oxygens (including phenoxy) is 3. The molecule has 0 spiro atoms. The van der Waals surface area contributed by atoms with Crippen LogP contribution in [0.5, 0.6) is 17.2 Å². The highest BCUT2D eigenvalue weighted by atomic mass is 16.6. The fraction of sp³-hybridized carbons (Fsp3) is 0.238. The molecule has 10 heteroatoms. The van der Waals surface area contributed by atoms with Crippen LogP contribution in [0, 0.1) is 21.4 Å². The summed E-state index contributed by atoms with van der Waals surface area (Å²) in [5.41, 5.74) is 1.00. The first-order chi connectivity index (χ1) is 14.9. The standard InChI is InChI=1S/C21H22N4O6/c1-29-18-7-4-14(10-20(18)31-3)8-9-23-21(26)15(12-22)13-24-17-6-5-16(25(27)28)11-19(17)30-2/h4-7,10-11,13,24H,8-9H2,1-3H3,(H,23,26)/b15-13-. The maximum Gasteiger partial charge on any atom is 0.273 e. The van der Waals surface area contributed by atoms with Gasteiger partial charge in [0.25, 0.3) is 11.6 Å². The molecular weight excluding hydrogens is 404 g/mol. The van der Waals surface area contributed by atoms with Crippen LogP contribution in [0.15, 0.2) is 48.2 Å². The second-order valence-electron chi connectivity index (χ2n) is 6.15. The summed E-state index contributed by atoms with van der Waals surface area (Å²) in [5, 5.41) is 25.6. The number of anilines is 1. The van der Waals surface area contributed by atoms with Crippen molar-refractivity contribution in [1.82, 2.24) is 5.32 Å². The van der Waals surface area contributed by atoms with Gasteiger partial charge < -0.3 is 24.8 Å². The van der Waals surface area contributed by atoms with Crippen LogP contribution in [0.2, 0.25) is 0 Å². The van der Waals surface area contributed by atoms with Crippen molar-refractivity contribution in [3.63, 3.8) is 0 Å². The molecule has 0 atom stereocenters. The second-order valence-corrected chi connectivity index (χ2v) is 6.15. The van der Waals surface area contributed by atoms with Crippen molar-refractivity contribution >= 4 is 17.3 Å². The average Bonchev–Trinajstić information content (AvgIpc) is 2.79. The molecule has 0 bridgehead atoms. The minimum Gasteiger partial charge on any atom is -0.494 e. The van der Waals surface area contributed by atoms with E-state index in [2.05, 4.69) is 10.6 Å². The number of nitrogens with zero attached hydrogens (tertiary/aromatic N) is 2. The van der Waals surface area contributed by atoms with E-state index in [1.54, 1.807) is 20.3 Å². The van der Waals surface area contributed by atoms with Crippen LogP contribution in [-0.4, -0.2) is 38.7 Å². The number of nitrogens with one attached hydrogen (secondary N) is 2. The maximum absolute atomic E-state index is 12.3. The number of carbonyl (C=O) groups excluding carboxylic acids is 1. The Balaban J connectivity index is 2.00. The molecule has 2 N–H and O–H groups in total. The summed E-state index contributed by atoms with van der Waals surface area (Å²) in [6, 6.07) is 11.2. The van der Waals surface area contributed by atoms with Crippen LogP contribution >= 0.6 is 0 Å². The summed E-state index contributed by atoms with van der Waals surface area (Å²) >= 11 is 0. The smallest absolute Gasteiger partial charge is 0.273 e. The average molecular weight is 426 g/mol. The van der Waals surface area contributed by atoms with Crippen molar-refractivity contribution in [2.45, 2.75) is 6.42 Å². The summed E-state index contributed by atoms with van der Waals surface area (Å²) in [5.74, 6) is 0.843. The fourth-order valence-corrected chi connectivity index (χ4v) is 2.66. The first kappa shape index (κ1) is 23.0. The van der Waals surface area contributed by atoms with Crippen LogP contribution in [0.25, 0.3) is 0 Å². The number of hydrogen-bond donors (Lipinski definition) is 2. The highest BCUT2D eigenvalue weighted by Crippen LogP contribution is 2.29. The van der Waals surface area contributed by atoms with Crippen LogP contribution in [0.3, 0.4) is 0 Å². The number of nitriles is 1. The molecule has 0 aliphatic heterocycles. The van der Waals surface area contributed by atoms with E-state index < -0.39 is 10.8 Å². The van der Waals surface area contributed by atoms with E-state index in [0.29, 0.717) is 30.2 Å². The van der Waals surface area contributed by atoms with Gasteiger partial charge in [-0.05, 0) is 30.2 Å². The molecule has 1 amide bonds. The summed E-state index contributed by atoms with van der Waals surface area (Å²) < 4.78 is 15.6. The van der Waals surface area contributed by atoms with E-state index in [0.717, 1.165) is 5.56 Å². The number of amides is 1. The van der Waals surface area contributed by atoms with Gasteiger partial charge >= 0.3 is 0 Å². The topological polar surface area (TPSA) is 136 Å². The molecule has 0 saturated carbocycles. The number of nitro groups is 1. The Morgan fingerprint density at radius 2 is 1.81 bits per heavy atom. The number of benzene rings is 2. The van der Waals surface area contributed by atoms with Gasteiger partial charge in [-0.2, -0.15) is 5.26 Å². The highest BCUT2D eigenvalue weighted by Gasteiger charge is 2.13. The summed E-state index contributed by atoms with van der Waals surface area (Å²) in [6.45, 7) is 0.300. The third-order valence-corrected chi connectivity index (χ3v) is 4.28. The Bertz CT molecular complexity index is 1030. The van der Waals surface area contributed by atoms with E-state index in [-0.39, 0.29) is 17.0 Å². The van der Waals surface area contributed by atoms with E-state index in [1.165, 1.54) is 31.5 Å². The van der Waals surface area contributed by atoms with Gasteiger partial charge in [-0.25, -0.2) is 0 Å². The van der Waals surface area contributed by atoms with E-state index in [1.807, 2.05) is 18.2 Å². The van der Waals surface area contributed by atoms with Gasteiger partial charge in [0.1, 0.15) is 17.4 Å². The number of methoxy groups -OCH3 is 3. The molecule has 2 aromatic carbocycles. The maximum atomic E-state index is 12.3. The van der Waals surface area contributed by atoms with Gasteiger partial charge in [0.05, 0.1) is 38.0 Å². The molecule has 162 valence electrons. The molecule has 0 radical (unpaired) electrons. The summed E-state index contributed by atoms with van der Waals surface area (Å²) in [6.07, 6.45) is 1.74. The Labute approximate surface area is 179 Å². The number of nitro benzene ring substituents is 1. The molecule has 31 heavy (non-hydrogen) atoms. The minimum atomic E-state index is -0.559. The van der Waals surface area contributed by atoms with Gasteiger partial charge in [0.2, 0.25) is 0 Å². The number of hydrogen-bond acceptors (Lipinski definition) is 8. The normalized spacial score (nSPS) is 10.6. The highest BCUT2D eigenvalue weighted by molar-refractivity contribution is 5.97. The predicted molar refractivity (Wildman–Crippen MR) is 113 cm³/mol. The first-order valence-corrected chi connectivity index (χ1v) is 9.11. The molecule has 2 aromatic rings. The van der Waals surface area contributed by atoms with Crippen molar-refractivity contribution in [3.8, 4) is 23.3 Å². The molecule has 10 nitrogen and oxygen atoms in total. The second kappa shape index (κ2) is 11.1. The van der Waals surface area contributed by atoms with E-state index >= 15 is 0 Å². The largest absolute Gasteiger partial charge is 0.494 e. The van der Waals surface area contributed by atoms with Gasteiger partial charge in [-0.3, -0.25) is 14.9 Å². The van der Waals surface area contributed by atoms with E-state index in [4.69, 9.17) is 14.2 Å². The summed E-state index contributed by atoms with van der Waals surface area (Å²) in [4.78, 5) is 22.6. The first-order valence-electron chi connectivity index (χ1n) is 9.11. The Hall–Kier alpha value is -4.26. The molecule has 0 aliphatic rings. The molecule has 0 saturated heterocycles. The molecule has 0 aromatic heterocycles. The third kappa shape index (κ3) is 6.11. The Morgan fingerprint density at radius 3 is 2.42 bits per heavy atom. The van der Waals surface area contributed by atoms with E-state index in [9.17, 15) is 20.2 Å². The van der Waals surface area contributed by atoms with Crippen LogP contribution in [-0.2, 0) is 11.2 Å². The van der Waals surface area contributed by atoms with Gasteiger partial charge in [0.15, 0.2) is 11.5 Å². The van der Waals surface area contributed by atoms with Crippen molar-refractivity contribution < 1.29 is 23.9 Å².